The number of thioether (sulfide) groups is 1. The first-order valence-corrected chi connectivity index (χ1v) is 18.9. The molecule has 0 fully saturated rings. The van der Waals surface area contributed by atoms with Crippen LogP contribution in [0.2, 0.25) is 0 Å². The Bertz CT molecular complexity index is 660. The second-order valence-electron chi connectivity index (χ2n) is 5.15. The molecule has 0 atom stereocenters. The van der Waals surface area contributed by atoms with Gasteiger partial charge in [-0.1, -0.05) is 71.6 Å². The van der Waals surface area contributed by atoms with E-state index in [1.807, 2.05) is 66.4 Å². The van der Waals surface area contributed by atoms with E-state index in [2.05, 4.69) is 54.3 Å². The van der Waals surface area contributed by atoms with Crippen LogP contribution in [-0.4, -0.2) is 12.6 Å². The molecule has 3 aromatic carbocycles. The van der Waals surface area contributed by atoms with Crippen LogP contribution in [0.15, 0.2) is 91.0 Å². The maximum atomic E-state index is 5.73. The first kappa shape index (κ1) is 29.2. The molecule has 0 bridgehead atoms. The minimum absolute atomic E-state index is 0.891. The molecule has 0 aliphatic rings. The Balaban J connectivity index is 0.000000388. The van der Waals surface area contributed by atoms with Crippen molar-refractivity contribution in [2.75, 3.05) is 12.6 Å². The van der Waals surface area contributed by atoms with E-state index in [1.54, 1.807) is 0 Å². The molecule has 0 radical (unpaired) electrons. The summed E-state index contributed by atoms with van der Waals surface area (Å²) in [5.41, 5.74) is 2.68. The molecule has 0 heterocycles. The minimum Gasteiger partial charge on any atom is -0.0622 e. The molecule has 29 heavy (non-hydrogen) atoms. The second kappa shape index (κ2) is 21.5. The molecular formula is C22H25Cl4IS2. The van der Waals surface area contributed by atoms with Crippen LogP contribution in [0.3, 0.4) is 0 Å². The van der Waals surface area contributed by atoms with Crippen molar-refractivity contribution < 1.29 is 0 Å². The minimum atomic E-state index is -1.74. The third-order valence-corrected chi connectivity index (χ3v) is 8.38. The van der Waals surface area contributed by atoms with E-state index in [1.165, 1.54) is 28.5 Å². The Morgan fingerprint density at radius 3 is 1.34 bits per heavy atom. The standard InChI is InChI=1S/C8H10S.C7H7ClS.C6H5Cl2I.CH3Cl/c1-9-7-8-5-3-2-4-6-8;8-9-6-7-4-2-1-3-5-7;7-9(8)6-4-2-1-3-5-6;1-2/h2-6H,7H2,1H3;1-5H,6H2;1-5H;1H3. The predicted octanol–water partition coefficient (Wildman–Crippen LogP) is 10.1. The van der Waals surface area contributed by atoms with Crippen LogP contribution in [0.4, 0.5) is 0 Å². The topological polar surface area (TPSA) is 0 Å². The van der Waals surface area contributed by atoms with Gasteiger partial charge in [0, 0.05) is 17.9 Å². The van der Waals surface area contributed by atoms with Crippen molar-refractivity contribution in [3.05, 3.63) is 106 Å². The Morgan fingerprint density at radius 2 is 1.03 bits per heavy atom. The van der Waals surface area contributed by atoms with Crippen LogP contribution in [0, 0.1) is 3.57 Å². The maximum Gasteiger partial charge on any atom is 0.0336 e. The fourth-order valence-corrected chi connectivity index (χ4v) is 5.35. The van der Waals surface area contributed by atoms with Crippen molar-refractivity contribution >= 4 is 80.4 Å². The number of halogens is 5. The Hall–Kier alpha value is 0.250. The van der Waals surface area contributed by atoms with Gasteiger partial charge in [0.1, 0.15) is 0 Å². The molecule has 0 spiro atoms. The van der Waals surface area contributed by atoms with Crippen LogP contribution in [0.25, 0.3) is 0 Å². The van der Waals surface area contributed by atoms with Crippen molar-refractivity contribution in [2.24, 2.45) is 0 Å². The summed E-state index contributed by atoms with van der Waals surface area (Å²) < 4.78 is 1.10. The molecule has 7 heteroatoms. The summed E-state index contributed by atoms with van der Waals surface area (Å²) in [7, 11) is 18.2. The van der Waals surface area contributed by atoms with Gasteiger partial charge in [-0.2, -0.15) is 11.8 Å². The summed E-state index contributed by atoms with van der Waals surface area (Å²) >= 11 is 4.76. The summed E-state index contributed by atoms with van der Waals surface area (Å²) in [4.78, 5) is 0. The third-order valence-electron chi connectivity index (χ3n) is 3.12. The average Bonchev–Trinajstić information content (AvgIpc) is 2.79. The normalized spacial score (nSPS) is 9.52. The quantitative estimate of drug-likeness (QED) is 0.205. The molecule has 0 amide bonds. The van der Waals surface area contributed by atoms with Gasteiger partial charge < -0.3 is 0 Å². The predicted molar refractivity (Wildman–Crippen MR) is 150 cm³/mol. The molecule has 0 nitrogen and oxygen atoms in total. The van der Waals surface area contributed by atoms with E-state index < -0.39 is 17.6 Å². The Kier molecular flexibility index (Phi) is 21.7. The van der Waals surface area contributed by atoms with Crippen molar-refractivity contribution in [3.63, 3.8) is 0 Å². The first-order chi connectivity index (χ1) is 14.2. The van der Waals surface area contributed by atoms with Crippen LogP contribution in [0.5, 0.6) is 0 Å². The van der Waals surface area contributed by atoms with E-state index in [9.17, 15) is 0 Å². The van der Waals surface area contributed by atoms with Gasteiger partial charge in [0.25, 0.3) is 0 Å². The molecule has 0 aliphatic heterocycles. The Labute approximate surface area is 208 Å². The van der Waals surface area contributed by atoms with Gasteiger partial charge in [0.2, 0.25) is 0 Å². The van der Waals surface area contributed by atoms with E-state index >= 15 is 0 Å². The van der Waals surface area contributed by atoms with E-state index in [0.29, 0.717) is 0 Å². The molecular weight excluding hydrogens is 597 g/mol. The third kappa shape index (κ3) is 16.6. The van der Waals surface area contributed by atoms with Crippen LogP contribution >= 0.6 is 80.4 Å². The monoisotopic (exact) mass is 620 g/mol. The number of alkyl halides is 1. The zero-order valence-electron chi connectivity index (χ0n) is 16.3. The van der Waals surface area contributed by atoms with Gasteiger partial charge in [0.15, 0.2) is 0 Å². The summed E-state index contributed by atoms with van der Waals surface area (Å²) in [6, 6.07) is 30.4. The van der Waals surface area contributed by atoms with E-state index in [-0.39, 0.29) is 0 Å². The zero-order chi connectivity index (χ0) is 21.7. The fraction of sp³-hybridized carbons (Fsp3) is 0.182. The van der Waals surface area contributed by atoms with Crippen LogP contribution < -0.4 is 0 Å². The van der Waals surface area contributed by atoms with Crippen molar-refractivity contribution in [1.29, 1.82) is 0 Å². The second-order valence-corrected chi connectivity index (χ2v) is 14.4. The van der Waals surface area contributed by atoms with E-state index in [4.69, 9.17) is 28.5 Å². The maximum absolute atomic E-state index is 5.73. The molecule has 0 aromatic heterocycles. The van der Waals surface area contributed by atoms with Gasteiger partial charge in [-0.25, -0.2) is 0 Å². The molecule has 3 aromatic rings. The van der Waals surface area contributed by atoms with Gasteiger partial charge in [-0.3, -0.25) is 0 Å². The molecule has 3 rings (SSSR count). The van der Waals surface area contributed by atoms with Gasteiger partial charge in [0.05, 0.1) is 0 Å². The van der Waals surface area contributed by atoms with Crippen LogP contribution in [-0.2, 0) is 11.5 Å². The van der Waals surface area contributed by atoms with Crippen molar-refractivity contribution in [2.45, 2.75) is 11.5 Å². The number of hydrogen-bond donors (Lipinski definition) is 0. The largest absolute Gasteiger partial charge is 0.0622 e. The average molecular weight is 622 g/mol. The number of rotatable bonds is 5. The molecule has 0 N–H and O–H groups in total. The van der Waals surface area contributed by atoms with Gasteiger partial charge >= 0.3 is 69.3 Å². The van der Waals surface area contributed by atoms with Crippen molar-refractivity contribution in [1.82, 2.24) is 0 Å². The molecule has 160 valence electrons. The zero-order valence-corrected chi connectivity index (χ0v) is 23.1. The number of hydrogen-bond acceptors (Lipinski definition) is 2. The first-order valence-electron chi connectivity index (χ1n) is 8.43. The van der Waals surface area contributed by atoms with Gasteiger partial charge in [-0.15, -0.1) is 11.6 Å². The molecule has 0 saturated carbocycles. The molecule has 0 saturated heterocycles. The SMILES string of the molecule is CCl.CSCc1ccccc1.ClI(Cl)c1ccccc1.ClSCc1ccccc1. The summed E-state index contributed by atoms with van der Waals surface area (Å²) in [6.07, 6.45) is 3.59. The summed E-state index contributed by atoms with van der Waals surface area (Å²) in [6.45, 7) is 0. The Morgan fingerprint density at radius 1 is 0.655 bits per heavy atom. The van der Waals surface area contributed by atoms with Crippen molar-refractivity contribution in [3.8, 4) is 0 Å². The van der Waals surface area contributed by atoms with Gasteiger partial charge in [-0.05, 0) is 28.1 Å². The van der Waals surface area contributed by atoms with Crippen LogP contribution in [0.1, 0.15) is 11.1 Å². The van der Waals surface area contributed by atoms with E-state index in [0.717, 1.165) is 15.1 Å². The molecule has 0 unspecified atom stereocenters. The molecule has 0 aliphatic carbocycles. The smallest absolute Gasteiger partial charge is 0.0336 e. The summed E-state index contributed by atoms with van der Waals surface area (Å²) in [5, 5.41) is 0. The summed E-state index contributed by atoms with van der Waals surface area (Å²) in [5.74, 6) is 2.02. The number of benzene rings is 3. The fourth-order valence-electron chi connectivity index (χ4n) is 1.89.